The Morgan fingerprint density at radius 3 is 2.44 bits per heavy atom. The van der Waals surface area contributed by atoms with Crippen LogP contribution in [0.25, 0.3) is 11.2 Å². The van der Waals surface area contributed by atoms with E-state index in [2.05, 4.69) is 35.3 Å². The number of carbonyl (C=O) groups is 4. The maximum absolute atomic E-state index is 12.6. The highest BCUT2D eigenvalue weighted by atomic mass is 16.5. The van der Waals surface area contributed by atoms with E-state index in [9.17, 15) is 24.3 Å². The fourth-order valence-corrected chi connectivity index (χ4v) is 3.74. The molecule has 3 rings (SSSR count). The zero-order valence-corrected chi connectivity index (χ0v) is 21.5. The molecule has 0 saturated heterocycles. The first-order chi connectivity index (χ1) is 18.6. The third-order valence-electron chi connectivity index (χ3n) is 5.94. The van der Waals surface area contributed by atoms with Crippen molar-refractivity contribution in [2.75, 3.05) is 23.9 Å². The van der Waals surface area contributed by atoms with Crippen molar-refractivity contribution in [1.82, 2.24) is 25.3 Å². The molecule has 0 saturated carbocycles. The average Bonchev–Trinajstić information content (AvgIpc) is 2.92. The van der Waals surface area contributed by atoms with Gasteiger partial charge in [-0.3, -0.25) is 14.4 Å². The molecule has 7 N–H and O–H groups in total. The number of nitrogens with one attached hydrogen (secondary N) is 2. The second kappa shape index (κ2) is 13.1. The standard InChI is InChI=1S/C25H30N8O6/c1-3-13(24(38)39-2)10-17(34)8-9-18(23(36)37)31-22(35)14-4-6-15(7-5-14)28-11-16-12-29-21-19(30-16)20(26)32-25(27)33-21/h4-7,12-13,18,28H,3,8-11H2,1-2H3,(H,31,35)(H,36,37)(H4,26,27,29,32,33)/t13-,18+/m1/s1. The van der Waals surface area contributed by atoms with Gasteiger partial charge in [0.25, 0.3) is 5.91 Å². The van der Waals surface area contributed by atoms with Crippen LogP contribution in [0.5, 0.6) is 0 Å². The number of carboxylic acids is 1. The van der Waals surface area contributed by atoms with Crippen molar-refractivity contribution in [1.29, 1.82) is 0 Å². The Morgan fingerprint density at radius 2 is 1.79 bits per heavy atom. The summed E-state index contributed by atoms with van der Waals surface area (Å²) >= 11 is 0. The number of aromatic nitrogens is 4. The molecule has 0 spiro atoms. The van der Waals surface area contributed by atoms with Gasteiger partial charge in [0.2, 0.25) is 5.95 Å². The summed E-state index contributed by atoms with van der Waals surface area (Å²) in [6.07, 6.45) is 1.70. The van der Waals surface area contributed by atoms with E-state index in [0.717, 1.165) is 0 Å². The van der Waals surface area contributed by atoms with Gasteiger partial charge in [-0.15, -0.1) is 0 Å². The Kier molecular flexibility index (Phi) is 9.62. The zero-order valence-electron chi connectivity index (χ0n) is 21.5. The lowest BCUT2D eigenvalue weighted by Crippen LogP contribution is -2.41. The van der Waals surface area contributed by atoms with Gasteiger partial charge < -0.3 is 31.9 Å². The Labute approximate surface area is 223 Å². The summed E-state index contributed by atoms with van der Waals surface area (Å²) in [5, 5.41) is 15.1. The number of ether oxygens (including phenoxy) is 1. The van der Waals surface area contributed by atoms with Crippen LogP contribution in [0.2, 0.25) is 0 Å². The van der Waals surface area contributed by atoms with Crippen molar-refractivity contribution < 1.29 is 29.0 Å². The van der Waals surface area contributed by atoms with Gasteiger partial charge in [0.05, 0.1) is 31.5 Å². The van der Waals surface area contributed by atoms with Crippen molar-refractivity contribution >= 4 is 52.2 Å². The average molecular weight is 539 g/mol. The van der Waals surface area contributed by atoms with Crippen molar-refractivity contribution in [3.8, 4) is 0 Å². The highest BCUT2D eigenvalue weighted by Crippen LogP contribution is 2.17. The molecule has 0 radical (unpaired) electrons. The summed E-state index contributed by atoms with van der Waals surface area (Å²) in [6, 6.07) is 5.10. The van der Waals surface area contributed by atoms with Crippen LogP contribution in [0.1, 0.15) is 48.7 Å². The summed E-state index contributed by atoms with van der Waals surface area (Å²) in [7, 11) is 1.25. The molecule has 0 unspecified atom stereocenters. The van der Waals surface area contributed by atoms with Crippen molar-refractivity contribution in [2.24, 2.45) is 5.92 Å². The first kappa shape index (κ1) is 28.7. The summed E-state index contributed by atoms with van der Waals surface area (Å²) < 4.78 is 4.67. The van der Waals surface area contributed by atoms with Crippen LogP contribution in [-0.2, 0) is 25.7 Å². The van der Waals surface area contributed by atoms with E-state index in [0.29, 0.717) is 29.9 Å². The largest absolute Gasteiger partial charge is 0.480 e. The van der Waals surface area contributed by atoms with E-state index in [1.807, 2.05) is 0 Å². The number of carboxylic acid groups (broad SMARTS) is 1. The highest BCUT2D eigenvalue weighted by Gasteiger charge is 2.24. The number of nitrogen functional groups attached to an aromatic ring is 2. The molecule has 0 bridgehead atoms. The van der Waals surface area contributed by atoms with Crippen molar-refractivity contribution in [3.05, 3.63) is 41.7 Å². The van der Waals surface area contributed by atoms with Crippen LogP contribution in [0.4, 0.5) is 17.5 Å². The van der Waals surface area contributed by atoms with Gasteiger partial charge in [0.1, 0.15) is 11.8 Å². The smallest absolute Gasteiger partial charge is 0.326 e. The van der Waals surface area contributed by atoms with Crippen LogP contribution >= 0.6 is 0 Å². The van der Waals surface area contributed by atoms with Gasteiger partial charge in [-0.2, -0.15) is 9.97 Å². The number of fused-ring (bicyclic) bond motifs is 1. The lowest BCUT2D eigenvalue weighted by atomic mass is 9.96. The first-order valence-electron chi connectivity index (χ1n) is 12.1. The minimum atomic E-state index is -1.27. The fourth-order valence-electron chi connectivity index (χ4n) is 3.74. The van der Waals surface area contributed by atoms with E-state index in [1.54, 1.807) is 19.1 Å². The third kappa shape index (κ3) is 7.80. The highest BCUT2D eigenvalue weighted by molar-refractivity contribution is 5.97. The number of carbonyl (C=O) groups excluding carboxylic acids is 3. The van der Waals surface area contributed by atoms with Crippen molar-refractivity contribution in [2.45, 2.75) is 45.2 Å². The predicted octanol–water partition coefficient (Wildman–Crippen LogP) is 1.32. The first-order valence-corrected chi connectivity index (χ1v) is 12.1. The Bertz CT molecular complexity index is 1360. The molecule has 14 nitrogen and oxygen atoms in total. The maximum Gasteiger partial charge on any atom is 0.326 e. The van der Waals surface area contributed by atoms with Gasteiger partial charge in [0, 0.05) is 24.1 Å². The fraction of sp³-hybridized carbons (Fsp3) is 0.360. The number of ketones is 1. The molecule has 3 aromatic rings. The summed E-state index contributed by atoms with van der Waals surface area (Å²) in [6.45, 7) is 2.05. The Balaban J connectivity index is 1.55. The van der Waals surface area contributed by atoms with Gasteiger partial charge >= 0.3 is 11.9 Å². The molecular formula is C25H30N8O6. The number of rotatable bonds is 13. The number of benzene rings is 1. The lowest BCUT2D eigenvalue weighted by molar-refractivity contribution is -0.147. The summed E-state index contributed by atoms with van der Waals surface area (Å²) in [5.74, 6) is -3.07. The van der Waals surface area contributed by atoms with Crippen LogP contribution in [0.3, 0.4) is 0 Å². The number of aliphatic carboxylic acids is 1. The molecule has 2 aromatic heterocycles. The second-order valence-electron chi connectivity index (χ2n) is 8.71. The summed E-state index contributed by atoms with van der Waals surface area (Å²) in [4.78, 5) is 64.7. The molecule has 206 valence electrons. The number of hydrogen-bond acceptors (Lipinski definition) is 12. The number of Topliss-reactive ketones (excluding diaryl/α,β-unsaturated/α-hetero) is 1. The SMILES string of the molecule is CC[C@H](CC(=O)CC[C@H](NC(=O)c1ccc(NCc2cnc3nc(N)nc(N)c3n2)cc1)C(=O)O)C(=O)OC. The van der Waals surface area contributed by atoms with E-state index in [-0.39, 0.29) is 48.0 Å². The maximum atomic E-state index is 12.6. The minimum Gasteiger partial charge on any atom is -0.480 e. The third-order valence-corrected chi connectivity index (χ3v) is 5.94. The molecule has 2 heterocycles. The normalized spacial score (nSPS) is 12.4. The number of nitrogens with two attached hydrogens (primary N) is 2. The summed E-state index contributed by atoms with van der Waals surface area (Å²) in [5.41, 5.74) is 13.5. The van der Waals surface area contributed by atoms with Crippen LogP contribution < -0.4 is 22.1 Å². The second-order valence-corrected chi connectivity index (χ2v) is 8.71. The number of esters is 1. The van der Waals surface area contributed by atoms with Gasteiger partial charge in [-0.1, -0.05) is 6.92 Å². The topological polar surface area (TPSA) is 225 Å². The molecule has 1 aromatic carbocycles. The molecule has 39 heavy (non-hydrogen) atoms. The van der Waals surface area contributed by atoms with E-state index in [1.165, 1.54) is 25.4 Å². The van der Waals surface area contributed by atoms with Gasteiger partial charge in [-0.05, 0) is 37.1 Å². The van der Waals surface area contributed by atoms with E-state index in [4.69, 9.17) is 11.5 Å². The molecule has 0 aliphatic heterocycles. The van der Waals surface area contributed by atoms with Crippen LogP contribution in [-0.4, -0.2) is 61.8 Å². The van der Waals surface area contributed by atoms with Gasteiger partial charge in [0.15, 0.2) is 17.0 Å². The Hall–Kier alpha value is -4.88. The molecule has 0 fully saturated rings. The quantitative estimate of drug-likeness (QED) is 0.194. The van der Waals surface area contributed by atoms with Gasteiger partial charge in [-0.25, -0.2) is 14.8 Å². The predicted molar refractivity (Wildman–Crippen MR) is 141 cm³/mol. The van der Waals surface area contributed by atoms with Crippen LogP contribution in [0, 0.1) is 5.92 Å². The number of amides is 1. The minimum absolute atomic E-state index is 0.00761. The molecule has 1 amide bonds. The molecular weight excluding hydrogens is 508 g/mol. The van der Waals surface area contributed by atoms with Crippen molar-refractivity contribution in [3.63, 3.8) is 0 Å². The zero-order chi connectivity index (χ0) is 28.5. The number of anilines is 3. The van der Waals surface area contributed by atoms with Crippen LogP contribution in [0.15, 0.2) is 30.5 Å². The molecule has 0 aliphatic carbocycles. The number of nitrogens with zero attached hydrogens (tertiary/aromatic N) is 4. The Morgan fingerprint density at radius 1 is 1.08 bits per heavy atom. The molecule has 14 heteroatoms. The van der Waals surface area contributed by atoms with E-state index >= 15 is 0 Å². The molecule has 2 atom stereocenters. The van der Waals surface area contributed by atoms with E-state index < -0.39 is 29.8 Å². The monoisotopic (exact) mass is 538 g/mol. The number of methoxy groups -OCH3 is 1. The number of hydrogen-bond donors (Lipinski definition) is 5. The lowest BCUT2D eigenvalue weighted by Gasteiger charge is -2.16. The molecule has 0 aliphatic rings.